The van der Waals surface area contributed by atoms with Gasteiger partial charge in [-0.05, 0) is 70.4 Å². The second kappa shape index (κ2) is 7.71. The van der Waals surface area contributed by atoms with Crippen LogP contribution in [0.5, 0.6) is 5.75 Å². The monoisotopic (exact) mass is 454 g/mol. The standard InChI is InChI=1S/C24H34N6OS/c1-23(2)11-14(12-24(3,4)29-23)30(5)20(26)7-6-17(25)16-8-13-9-19-21(28-22(27)32-19)15(13)10-18(16)31/h6-8,10,14,29,31H,9,11-12,25-26H2,1-5H3,(H2,27,28)/b17-6-,20-7+. The molecule has 0 atom stereocenters. The molecule has 172 valence electrons. The zero-order valence-electron chi connectivity index (χ0n) is 19.5. The molecule has 1 saturated heterocycles. The molecule has 0 saturated carbocycles. The van der Waals surface area contributed by atoms with Crippen molar-refractivity contribution in [3.05, 3.63) is 46.1 Å². The fourth-order valence-electron chi connectivity index (χ4n) is 5.24. The van der Waals surface area contributed by atoms with Crippen molar-refractivity contribution in [1.82, 2.24) is 15.2 Å². The lowest BCUT2D eigenvalue weighted by atomic mass is 9.79. The van der Waals surface area contributed by atoms with E-state index in [2.05, 4.69) is 42.9 Å². The third kappa shape index (κ3) is 4.29. The van der Waals surface area contributed by atoms with E-state index in [1.165, 1.54) is 11.3 Å². The highest BCUT2D eigenvalue weighted by atomic mass is 32.1. The van der Waals surface area contributed by atoms with Gasteiger partial charge in [0.15, 0.2) is 5.13 Å². The summed E-state index contributed by atoms with van der Waals surface area (Å²) < 4.78 is 0. The van der Waals surface area contributed by atoms with E-state index in [0.717, 1.165) is 41.0 Å². The Balaban J connectivity index is 1.54. The summed E-state index contributed by atoms with van der Waals surface area (Å²) in [5.74, 6) is 0.771. The Morgan fingerprint density at radius 2 is 1.84 bits per heavy atom. The summed E-state index contributed by atoms with van der Waals surface area (Å²) in [4.78, 5) is 7.65. The maximum atomic E-state index is 10.6. The average Bonchev–Trinajstić information content (AvgIpc) is 3.18. The van der Waals surface area contributed by atoms with Gasteiger partial charge >= 0.3 is 0 Å². The van der Waals surface area contributed by atoms with E-state index in [0.29, 0.717) is 28.3 Å². The minimum Gasteiger partial charge on any atom is -0.507 e. The molecule has 1 aliphatic carbocycles. The number of rotatable bonds is 4. The Morgan fingerprint density at radius 3 is 2.50 bits per heavy atom. The lowest BCUT2D eigenvalue weighted by molar-refractivity contribution is 0.0981. The Hall–Kier alpha value is -2.71. The molecule has 32 heavy (non-hydrogen) atoms. The molecule has 1 fully saturated rings. The van der Waals surface area contributed by atoms with E-state index in [4.69, 9.17) is 17.2 Å². The normalized spacial score (nSPS) is 20.2. The number of nitrogen functional groups attached to an aromatic ring is 1. The number of thiazole rings is 1. The minimum atomic E-state index is 0.0351. The van der Waals surface area contributed by atoms with Crippen molar-refractivity contribution in [3.8, 4) is 17.0 Å². The molecule has 7 nitrogen and oxygen atoms in total. The Kier molecular flexibility index (Phi) is 5.41. The van der Waals surface area contributed by atoms with Gasteiger partial charge in [0, 0.05) is 52.3 Å². The molecule has 2 heterocycles. The van der Waals surface area contributed by atoms with Crippen molar-refractivity contribution in [2.45, 2.75) is 64.1 Å². The summed E-state index contributed by atoms with van der Waals surface area (Å²) in [6.07, 6.45) is 6.33. The van der Waals surface area contributed by atoms with Crippen LogP contribution in [0.3, 0.4) is 0 Å². The number of benzene rings is 1. The number of hydrogen-bond donors (Lipinski definition) is 5. The third-order valence-corrected chi connectivity index (χ3v) is 7.29. The molecule has 1 aromatic heterocycles. The molecule has 0 amide bonds. The number of piperidine rings is 1. The molecule has 1 aliphatic heterocycles. The van der Waals surface area contributed by atoms with Crippen LogP contribution in [-0.4, -0.2) is 39.2 Å². The maximum Gasteiger partial charge on any atom is 0.180 e. The number of allylic oxidation sites excluding steroid dienone is 2. The van der Waals surface area contributed by atoms with Crippen molar-refractivity contribution < 1.29 is 5.11 Å². The SMILES string of the molecule is CN(/C(N)=C/C=C(\N)c1cc2c(cc1O)-c1nc(N)sc1C2)C1CC(C)(C)NC(C)(C)C1. The number of aromatic nitrogens is 1. The highest BCUT2D eigenvalue weighted by Gasteiger charge is 2.39. The van der Waals surface area contributed by atoms with Crippen LogP contribution in [0.25, 0.3) is 17.0 Å². The Labute approximate surface area is 194 Å². The summed E-state index contributed by atoms with van der Waals surface area (Å²) in [5.41, 5.74) is 22.6. The second-order valence-electron chi connectivity index (χ2n) is 10.3. The number of nitrogens with zero attached hydrogens (tertiary/aromatic N) is 2. The lowest BCUT2D eigenvalue weighted by Crippen LogP contribution is -2.61. The molecule has 0 spiro atoms. The fraction of sp³-hybridized carbons (Fsp3) is 0.458. The first-order chi connectivity index (χ1) is 14.8. The minimum absolute atomic E-state index is 0.0351. The van der Waals surface area contributed by atoms with Crippen molar-refractivity contribution in [3.63, 3.8) is 0 Å². The van der Waals surface area contributed by atoms with Gasteiger partial charge in [0.2, 0.25) is 0 Å². The summed E-state index contributed by atoms with van der Waals surface area (Å²) in [6.45, 7) is 8.91. The van der Waals surface area contributed by atoms with E-state index in [-0.39, 0.29) is 16.8 Å². The highest BCUT2D eigenvalue weighted by Crippen LogP contribution is 2.43. The van der Waals surface area contributed by atoms with Crippen LogP contribution >= 0.6 is 11.3 Å². The summed E-state index contributed by atoms with van der Waals surface area (Å²) in [7, 11) is 2.03. The first kappa shape index (κ1) is 22.5. The fourth-order valence-corrected chi connectivity index (χ4v) is 6.11. The predicted molar refractivity (Wildman–Crippen MR) is 133 cm³/mol. The molecular weight excluding hydrogens is 420 g/mol. The molecule has 0 unspecified atom stereocenters. The quantitative estimate of drug-likeness (QED) is 0.383. The van der Waals surface area contributed by atoms with Crippen LogP contribution in [0.2, 0.25) is 0 Å². The number of fused-ring (bicyclic) bond motifs is 3. The summed E-state index contributed by atoms with van der Waals surface area (Å²) in [5, 5.41) is 14.9. The number of phenolic OH excluding ortho intramolecular Hbond substituents is 1. The maximum absolute atomic E-state index is 10.6. The van der Waals surface area contributed by atoms with Gasteiger partial charge in [0.05, 0.1) is 11.5 Å². The molecular formula is C24H34N6OS. The van der Waals surface area contributed by atoms with E-state index < -0.39 is 0 Å². The van der Waals surface area contributed by atoms with Crippen LogP contribution in [0.15, 0.2) is 30.1 Å². The summed E-state index contributed by atoms with van der Waals surface area (Å²) >= 11 is 1.49. The average molecular weight is 455 g/mol. The number of anilines is 1. The topological polar surface area (TPSA) is 126 Å². The van der Waals surface area contributed by atoms with Gasteiger partial charge in [-0.2, -0.15) is 0 Å². The molecule has 4 rings (SSSR count). The van der Waals surface area contributed by atoms with Crippen molar-refractivity contribution >= 4 is 22.2 Å². The molecule has 2 aliphatic rings. The first-order valence-electron chi connectivity index (χ1n) is 10.9. The van der Waals surface area contributed by atoms with Crippen LogP contribution in [0, 0.1) is 0 Å². The molecule has 0 bridgehead atoms. The van der Waals surface area contributed by atoms with Crippen LogP contribution in [0.1, 0.15) is 56.5 Å². The predicted octanol–water partition coefficient (Wildman–Crippen LogP) is 3.34. The molecule has 8 N–H and O–H groups in total. The number of hydrogen-bond acceptors (Lipinski definition) is 8. The van der Waals surface area contributed by atoms with Gasteiger partial charge in [-0.1, -0.05) is 0 Å². The molecule has 8 heteroatoms. The second-order valence-corrected chi connectivity index (χ2v) is 11.4. The number of aromatic hydroxyl groups is 1. The zero-order valence-corrected chi connectivity index (χ0v) is 20.3. The number of nitrogens with one attached hydrogen (secondary N) is 1. The van der Waals surface area contributed by atoms with Crippen molar-refractivity contribution in [2.75, 3.05) is 12.8 Å². The van der Waals surface area contributed by atoms with Crippen LogP contribution in [0.4, 0.5) is 5.13 Å². The zero-order chi connectivity index (χ0) is 23.4. The smallest absolute Gasteiger partial charge is 0.180 e. The summed E-state index contributed by atoms with van der Waals surface area (Å²) in [6, 6.07) is 3.99. The lowest BCUT2D eigenvalue weighted by Gasteiger charge is -2.49. The van der Waals surface area contributed by atoms with E-state index in [9.17, 15) is 5.11 Å². The Bertz CT molecular complexity index is 1100. The van der Waals surface area contributed by atoms with Crippen LogP contribution < -0.4 is 22.5 Å². The van der Waals surface area contributed by atoms with Gasteiger partial charge in [-0.3, -0.25) is 0 Å². The van der Waals surface area contributed by atoms with Gasteiger partial charge in [0.1, 0.15) is 5.75 Å². The van der Waals surface area contributed by atoms with Crippen LogP contribution in [-0.2, 0) is 6.42 Å². The number of phenols is 1. The van der Waals surface area contributed by atoms with Crippen molar-refractivity contribution in [2.24, 2.45) is 11.5 Å². The van der Waals surface area contributed by atoms with E-state index >= 15 is 0 Å². The molecule has 1 aromatic carbocycles. The van der Waals surface area contributed by atoms with E-state index in [1.807, 2.05) is 19.2 Å². The van der Waals surface area contributed by atoms with Gasteiger partial charge < -0.3 is 32.5 Å². The van der Waals surface area contributed by atoms with Gasteiger partial charge in [0.25, 0.3) is 0 Å². The third-order valence-electron chi connectivity index (χ3n) is 6.41. The molecule has 0 radical (unpaired) electrons. The highest BCUT2D eigenvalue weighted by molar-refractivity contribution is 7.15. The number of nitrogens with two attached hydrogens (primary N) is 3. The Morgan fingerprint density at radius 1 is 1.19 bits per heavy atom. The molecule has 2 aromatic rings. The van der Waals surface area contributed by atoms with Gasteiger partial charge in [-0.15, -0.1) is 11.3 Å². The van der Waals surface area contributed by atoms with Gasteiger partial charge in [-0.25, -0.2) is 4.98 Å². The first-order valence-corrected chi connectivity index (χ1v) is 11.7. The largest absolute Gasteiger partial charge is 0.507 e. The van der Waals surface area contributed by atoms with E-state index in [1.54, 1.807) is 12.1 Å². The van der Waals surface area contributed by atoms with Crippen molar-refractivity contribution in [1.29, 1.82) is 0 Å².